The first-order valence-corrected chi connectivity index (χ1v) is 16.0. The highest BCUT2D eigenvalue weighted by molar-refractivity contribution is 14.1. The van der Waals surface area contributed by atoms with Crippen molar-refractivity contribution in [2.75, 3.05) is 20.3 Å². The number of rotatable bonds is 12. The lowest BCUT2D eigenvalue weighted by Gasteiger charge is -2.28. The molecule has 0 aromatic heterocycles. The second kappa shape index (κ2) is 16.3. The van der Waals surface area contributed by atoms with Crippen molar-refractivity contribution >= 4 is 69.3 Å². The maximum atomic E-state index is 12.6. The Morgan fingerprint density at radius 1 is 1.09 bits per heavy atom. The van der Waals surface area contributed by atoms with Crippen molar-refractivity contribution in [3.8, 4) is 23.3 Å². The van der Waals surface area contributed by atoms with E-state index in [0.29, 0.717) is 28.3 Å². The van der Waals surface area contributed by atoms with Gasteiger partial charge in [-0.1, -0.05) is 24.3 Å². The quantitative estimate of drug-likeness (QED) is 0.0986. The van der Waals surface area contributed by atoms with Gasteiger partial charge in [-0.3, -0.25) is 4.79 Å². The van der Waals surface area contributed by atoms with Crippen molar-refractivity contribution in [1.82, 2.24) is 16.1 Å². The van der Waals surface area contributed by atoms with Crippen molar-refractivity contribution in [2.24, 2.45) is 5.10 Å². The van der Waals surface area contributed by atoms with Gasteiger partial charge in [-0.05, 0) is 100 Å². The Labute approximate surface area is 292 Å². The van der Waals surface area contributed by atoms with E-state index in [0.717, 1.165) is 18.3 Å². The summed E-state index contributed by atoms with van der Waals surface area (Å²) in [5, 5.41) is 18.7. The summed E-state index contributed by atoms with van der Waals surface area (Å²) in [5.74, 6) is 0.206. The largest absolute Gasteiger partial charge is 0.493 e. The molecule has 0 aliphatic carbocycles. The van der Waals surface area contributed by atoms with Gasteiger partial charge in [-0.25, -0.2) is 15.0 Å². The zero-order chi connectivity index (χ0) is 33.2. The second-order valence-electron chi connectivity index (χ2n) is 9.65. The van der Waals surface area contributed by atoms with Crippen LogP contribution in [0, 0.1) is 18.5 Å². The minimum Gasteiger partial charge on any atom is -0.493 e. The predicted molar refractivity (Wildman–Crippen MR) is 185 cm³/mol. The average molecular weight is 849 g/mol. The van der Waals surface area contributed by atoms with Gasteiger partial charge in [-0.2, -0.15) is 10.4 Å². The zero-order valence-corrected chi connectivity index (χ0v) is 29.3. The summed E-state index contributed by atoms with van der Waals surface area (Å²) in [7, 11) is 1.44. The number of methoxy groups -OCH3 is 1. The number of hydrogen-bond donors (Lipinski definition) is 3. The minimum absolute atomic E-state index is 0.180. The SMILES string of the molecule is CCOC(=O)C1=C(C)NC(=O)N[C@H]1c1ccc(OCC(=O)N/N=C\c2cc(I)c(OCc3ccccc3C#N)c(I)c2)c(OC)c1. The summed E-state index contributed by atoms with van der Waals surface area (Å²) in [4.78, 5) is 37.3. The fourth-order valence-corrected chi connectivity index (χ4v) is 6.59. The van der Waals surface area contributed by atoms with Gasteiger partial charge < -0.3 is 29.6 Å². The van der Waals surface area contributed by atoms with Crippen LogP contribution in [0.1, 0.15) is 42.1 Å². The molecule has 14 heteroatoms. The summed E-state index contributed by atoms with van der Waals surface area (Å²) in [5.41, 5.74) is 5.76. The van der Waals surface area contributed by atoms with Gasteiger partial charge in [0.1, 0.15) is 12.4 Å². The van der Waals surface area contributed by atoms with Crippen molar-refractivity contribution in [3.05, 3.63) is 95.3 Å². The van der Waals surface area contributed by atoms with E-state index in [9.17, 15) is 19.6 Å². The van der Waals surface area contributed by atoms with Gasteiger partial charge in [-0.15, -0.1) is 0 Å². The molecule has 0 radical (unpaired) electrons. The van der Waals surface area contributed by atoms with Crippen LogP contribution in [0.15, 0.2) is 71.0 Å². The molecule has 12 nitrogen and oxygen atoms in total. The molecule has 46 heavy (non-hydrogen) atoms. The number of halogens is 2. The van der Waals surface area contributed by atoms with Crippen LogP contribution in [0.25, 0.3) is 0 Å². The Hall–Kier alpha value is -4.37. The second-order valence-corrected chi connectivity index (χ2v) is 12.0. The maximum Gasteiger partial charge on any atom is 0.338 e. The Balaban J connectivity index is 1.36. The third kappa shape index (κ3) is 8.66. The lowest BCUT2D eigenvalue weighted by molar-refractivity contribution is -0.139. The first-order chi connectivity index (χ1) is 22.1. The number of esters is 1. The molecule has 0 saturated carbocycles. The van der Waals surface area contributed by atoms with Crippen LogP contribution in [-0.4, -0.2) is 44.4 Å². The van der Waals surface area contributed by atoms with Gasteiger partial charge >= 0.3 is 12.0 Å². The minimum atomic E-state index is -0.777. The number of benzene rings is 3. The van der Waals surface area contributed by atoms with Gasteiger partial charge in [0.05, 0.1) is 50.3 Å². The van der Waals surface area contributed by atoms with Gasteiger partial charge in [0, 0.05) is 11.3 Å². The van der Waals surface area contributed by atoms with Crippen LogP contribution >= 0.6 is 45.2 Å². The van der Waals surface area contributed by atoms with Crippen LogP contribution in [-0.2, 0) is 20.9 Å². The van der Waals surface area contributed by atoms with E-state index in [4.69, 9.17) is 18.9 Å². The van der Waals surface area contributed by atoms with E-state index in [2.05, 4.69) is 72.4 Å². The number of hydrazone groups is 1. The number of nitriles is 1. The number of allylic oxidation sites excluding steroid dienone is 1. The molecule has 3 aromatic rings. The van der Waals surface area contributed by atoms with E-state index in [1.54, 1.807) is 38.1 Å². The summed E-state index contributed by atoms with van der Waals surface area (Å²) in [6, 6.07) is 16.8. The molecule has 0 bridgehead atoms. The monoisotopic (exact) mass is 849 g/mol. The predicted octanol–water partition coefficient (Wildman–Crippen LogP) is 5.08. The number of carbonyl (C=O) groups is 3. The van der Waals surface area contributed by atoms with E-state index >= 15 is 0 Å². The highest BCUT2D eigenvalue weighted by Crippen LogP contribution is 2.35. The van der Waals surface area contributed by atoms with Gasteiger partial charge in [0.25, 0.3) is 5.91 Å². The first-order valence-electron chi connectivity index (χ1n) is 13.8. The lowest BCUT2D eigenvalue weighted by Crippen LogP contribution is -2.45. The summed E-state index contributed by atoms with van der Waals surface area (Å²) >= 11 is 4.33. The number of hydrogen-bond acceptors (Lipinski definition) is 9. The number of amides is 3. The Morgan fingerprint density at radius 3 is 2.52 bits per heavy atom. The van der Waals surface area contributed by atoms with Crippen LogP contribution in [0.2, 0.25) is 0 Å². The standard InChI is InChI=1S/C32H29I2N5O7/c1-4-44-31(41)28-18(2)37-32(42)38-29(28)20-9-10-25(26(13-20)43-3)45-17-27(40)39-36-15-19-11-23(33)30(24(34)12-19)46-16-22-8-6-5-7-21(22)14-35/h5-13,15,29H,4,16-17H2,1-3H3,(H,39,40)(H2,37,38,42)/b36-15-/t29-/m0/s1. The smallest absolute Gasteiger partial charge is 0.338 e. The summed E-state index contributed by atoms with van der Waals surface area (Å²) in [6.07, 6.45) is 1.51. The van der Waals surface area contributed by atoms with Crippen LogP contribution in [0.3, 0.4) is 0 Å². The first kappa shape index (κ1) is 34.5. The number of carbonyl (C=O) groups excluding carboxylic acids is 3. The third-order valence-electron chi connectivity index (χ3n) is 6.58. The zero-order valence-electron chi connectivity index (χ0n) is 25.0. The molecule has 3 amide bonds. The maximum absolute atomic E-state index is 12.6. The highest BCUT2D eigenvalue weighted by Gasteiger charge is 2.32. The van der Waals surface area contributed by atoms with Crippen molar-refractivity contribution in [1.29, 1.82) is 5.26 Å². The molecule has 1 atom stereocenters. The van der Waals surface area contributed by atoms with Crippen LogP contribution < -0.4 is 30.3 Å². The van der Waals surface area contributed by atoms with Crippen LogP contribution in [0.5, 0.6) is 17.2 Å². The van der Waals surface area contributed by atoms with Crippen molar-refractivity contribution in [2.45, 2.75) is 26.5 Å². The number of ether oxygens (including phenoxy) is 4. The normalized spacial score (nSPS) is 14.2. The Kier molecular flexibility index (Phi) is 12.2. The third-order valence-corrected chi connectivity index (χ3v) is 8.18. The lowest BCUT2D eigenvalue weighted by atomic mass is 9.95. The molecule has 1 heterocycles. The number of urea groups is 1. The molecule has 1 aliphatic rings. The highest BCUT2D eigenvalue weighted by atomic mass is 127. The average Bonchev–Trinajstić information content (AvgIpc) is 3.03. The molecule has 0 saturated heterocycles. The molecule has 1 aliphatic heterocycles. The Bertz CT molecular complexity index is 1730. The molecule has 0 spiro atoms. The topological polar surface area (TPSA) is 160 Å². The summed E-state index contributed by atoms with van der Waals surface area (Å²) in [6.45, 7) is 3.41. The van der Waals surface area contributed by atoms with Crippen molar-refractivity contribution < 1.29 is 33.3 Å². The molecule has 3 aromatic carbocycles. The Morgan fingerprint density at radius 2 is 1.83 bits per heavy atom. The van der Waals surface area contributed by atoms with E-state index in [-0.39, 0.29) is 31.1 Å². The molecular formula is C32H29I2N5O7. The molecule has 0 unspecified atom stereocenters. The number of nitrogens with one attached hydrogen (secondary N) is 3. The molecule has 3 N–H and O–H groups in total. The van der Waals surface area contributed by atoms with E-state index < -0.39 is 23.9 Å². The van der Waals surface area contributed by atoms with Crippen LogP contribution in [0.4, 0.5) is 4.79 Å². The molecular weight excluding hydrogens is 820 g/mol. The fraction of sp³-hybridized carbons (Fsp3) is 0.219. The number of nitrogens with zero attached hydrogens (tertiary/aromatic N) is 2. The molecule has 4 rings (SSSR count). The van der Waals surface area contributed by atoms with E-state index in [1.807, 2.05) is 30.3 Å². The van der Waals surface area contributed by atoms with Crippen molar-refractivity contribution in [3.63, 3.8) is 0 Å². The fourth-order valence-electron chi connectivity index (χ4n) is 4.46. The molecule has 238 valence electrons. The van der Waals surface area contributed by atoms with Gasteiger partial charge in [0.2, 0.25) is 0 Å². The summed E-state index contributed by atoms with van der Waals surface area (Å²) < 4.78 is 24.0. The van der Waals surface area contributed by atoms with Gasteiger partial charge in [0.15, 0.2) is 18.1 Å². The van der Waals surface area contributed by atoms with E-state index in [1.165, 1.54) is 13.3 Å². The molecule has 0 fully saturated rings.